The highest BCUT2D eigenvalue weighted by Gasteiger charge is 2.25. The predicted molar refractivity (Wildman–Crippen MR) is 79.9 cm³/mol. The van der Waals surface area contributed by atoms with Crippen molar-refractivity contribution in [1.29, 1.82) is 0 Å². The van der Waals surface area contributed by atoms with Gasteiger partial charge in [-0.25, -0.2) is 0 Å². The smallest absolute Gasteiger partial charge is 0.239 e. The van der Waals surface area contributed by atoms with Gasteiger partial charge in [0, 0.05) is 32.7 Å². The molecule has 0 aliphatic carbocycles. The third-order valence-corrected chi connectivity index (χ3v) is 3.81. The molecule has 1 aliphatic heterocycles. The van der Waals surface area contributed by atoms with Gasteiger partial charge in [-0.1, -0.05) is 12.1 Å². The van der Waals surface area contributed by atoms with Crippen molar-refractivity contribution in [3.05, 3.63) is 29.8 Å². The van der Waals surface area contributed by atoms with E-state index in [1.165, 1.54) is 0 Å². The molecule has 2 rings (SSSR count). The van der Waals surface area contributed by atoms with Crippen LogP contribution in [0.25, 0.3) is 0 Å². The number of carbonyl (C=O) groups excluding carboxylic acids is 1. The van der Waals surface area contributed by atoms with E-state index in [2.05, 4.69) is 4.90 Å². The van der Waals surface area contributed by atoms with Crippen molar-refractivity contribution in [3.8, 4) is 5.75 Å². The Bertz CT molecular complexity index is 456. The topological polar surface area (TPSA) is 90.0 Å². The fourth-order valence-corrected chi connectivity index (χ4v) is 2.54. The van der Waals surface area contributed by atoms with Crippen molar-refractivity contribution in [3.63, 3.8) is 0 Å². The summed E-state index contributed by atoms with van der Waals surface area (Å²) >= 11 is 0. The van der Waals surface area contributed by atoms with Gasteiger partial charge in [0.15, 0.2) is 0 Å². The first-order valence-corrected chi connectivity index (χ1v) is 7.25. The maximum absolute atomic E-state index is 12.3. The molecular formula is C15H23N3O3. The summed E-state index contributed by atoms with van der Waals surface area (Å²) < 4.78 is 0. The molecule has 116 valence electrons. The number of phenolic OH excluding ortho intramolecular Hbond substituents is 1. The lowest BCUT2D eigenvalue weighted by molar-refractivity contribution is -0.134. The molecule has 6 heteroatoms. The molecule has 1 saturated heterocycles. The quantitative estimate of drug-likeness (QED) is 0.674. The Kier molecular flexibility index (Phi) is 5.55. The van der Waals surface area contributed by atoms with Gasteiger partial charge in [0.25, 0.3) is 0 Å². The summed E-state index contributed by atoms with van der Waals surface area (Å²) in [5, 5.41) is 18.1. The lowest BCUT2D eigenvalue weighted by atomic mass is 10.1. The highest BCUT2D eigenvalue weighted by atomic mass is 16.3. The van der Waals surface area contributed by atoms with E-state index in [1.54, 1.807) is 29.2 Å². The highest BCUT2D eigenvalue weighted by molar-refractivity contribution is 5.82. The molecule has 1 aliphatic rings. The molecule has 0 unspecified atom stereocenters. The van der Waals surface area contributed by atoms with Gasteiger partial charge < -0.3 is 20.8 Å². The van der Waals surface area contributed by atoms with E-state index in [-0.39, 0.29) is 18.3 Å². The largest absolute Gasteiger partial charge is 0.508 e. The van der Waals surface area contributed by atoms with Gasteiger partial charge in [0.2, 0.25) is 5.91 Å². The Morgan fingerprint density at radius 3 is 2.38 bits per heavy atom. The number of hydrogen-bond donors (Lipinski definition) is 3. The third-order valence-electron chi connectivity index (χ3n) is 3.81. The van der Waals surface area contributed by atoms with Crippen molar-refractivity contribution >= 4 is 5.91 Å². The van der Waals surface area contributed by atoms with Gasteiger partial charge in [-0.05, 0) is 24.1 Å². The molecule has 1 aromatic rings. The Hall–Kier alpha value is -1.63. The van der Waals surface area contributed by atoms with E-state index in [1.807, 2.05) is 0 Å². The van der Waals surface area contributed by atoms with E-state index >= 15 is 0 Å². The van der Waals surface area contributed by atoms with E-state index in [9.17, 15) is 9.90 Å². The van der Waals surface area contributed by atoms with Gasteiger partial charge in [-0.3, -0.25) is 9.69 Å². The van der Waals surface area contributed by atoms with Crippen molar-refractivity contribution in [2.24, 2.45) is 5.73 Å². The van der Waals surface area contributed by atoms with Crippen LogP contribution in [0.5, 0.6) is 5.75 Å². The average molecular weight is 293 g/mol. The van der Waals surface area contributed by atoms with E-state index in [0.29, 0.717) is 26.1 Å². The monoisotopic (exact) mass is 293 g/mol. The minimum atomic E-state index is -0.557. The Morgan fingerprint density at radius 1 is 1.19 bits per heavy atom. The van der Waals surface area contributed by atoms with Gasteiger partial charge >= 0.3 is 0 Å². The fraction of sp³-hybridized carbons (Fsp3) is 0.533. The second kappa shape index (κ2) is 7.40. The molecule has 1 heterocycles. The SMILES string of the molecule is N[C@H](Cc1ccc(O)cc1)C(=O)N1CCN(CCO)CC1. The number of β-amino-alcohol motifs (C(OH)–C–C–N with tert-alkyl or cyclic N) is 1. The number of aliphatic hydroxyl groups is 1. The summed E-state index contributed by atoms with van der Waals surface area (Å²) in [6, 6.07) is 6.20. The Balaban J connectivity index is 1.84. The molecule has 0 saturated carbocycles. The van der Waals surface area contributed by atoms with Crippen LogP contribution in [-0.2, 0) is 11.2 Å². The van der Waals surface area contributed by atoms with Crippen LogP contribution in [0, 0.1) is 0 Å². The number of nitrogens with two attached hydrogens (primary N) is 1. The lowest BCUT2D eigenvalue weighted by Gasteiger charge is -2.35. The third kappa shape index (κ3) is 4.42. The fourth-order valence-electron chi connectivity index (χ4n) is 2.54. The van der Waals surface area contributed by atoms with Gasteiger partial charge in [0.05, 0.1) is 12.6 Å². The zero-order valence-electron chi connectivity index (χ0n) is 12.1. The number of aliphatic hydroxyl groups excluding tert-OH is 1. The van der Waals surface area contributed by atoms with Gasteiger partial charge in [0.1, 0.15) is 5.75 Å². The molecule has 0 radical (unpaired) electrons. The summed E-state index contributed by atoms with van der Waals surface area (Å²) in [7, 11) is 0. The van der Waals surface area contributed by atoms with E-state index in [0.717, 1.165) is 18.7 Å². The van der Waals surface area contributed by atoms with Crippen LogP contribution in [0.4, 0.5) is 0 Å². The highest BCUT2D eigenvalue weighted by Crippen LogP contribution is 2.12. The minimum absolute atomic E-state index is 0.0354. The standard InChI is InChI=1S/C15H23N3O3/c16-14(11-12-1-3-13(20)4-2-12)15(21)18-7-5-17(6-8-18)9-10-19/h1-4,14,19-20H,5-11,16H2/t14-/m1/s1. The van der Waals surface area contributed by atoms with Crippen molar-refractivity contribution < 1.29 is 15.0 Å². The number of carbonyl (C=O) groups is 1. The lowest BCUT2D eigenvalue weighted by Crippen LogP contribution is -2.53. The Morgan fingerprint density at radius 2 is 1.81 bits per heavy atom. The van der Waals surface area contributed by atoms with Gasteiger partial charge in [-0.2, -0.15) is 0 Å². The van der Waals surface area contributed by atoms with E-state index in [4.69, 9.17) is 10.8 Å². The van der Waals surface area contributed by atoms with Crippen LogP contribution in [0.15, 0.2) is 24.3 Å². The second-order valence-electron chi connectivity index (χ2n) is 5.37. The van der Waals surface area contributed by atoms with Crippen LogP contribution < -0.4 is 5.73 Å². The number of nitrogens with zero attached hydrogens (tertiary/aromatic N) is 2. The molecular weight excluding hydrogens is 270 g/mol. The van der Waals surface area contributed by atoms with Crippen molar-refractivity contribution in [1.82, 2.24) is 9.80 Å². The zero-order valence-corrected chi connectivity index (χ0v) is 12.1. The van der Waals surface area contributed by atoms with Gasteiger partial charge in [-0.15, -0.1) is 0 Å². The number of hydrogen-bond acceptors (Lipinski definition) is 5. The van der Waals surface area contributed by atoms with Crippen molar-refractivity contribution in [2.75, 3.05) is 39.3 Å². The first-order valence-electron chi connectivity index (χ1n) is 7.25. The number of aromatic hydroxyl groups is 1. The molecule has 0 aromatic heterocycles. The minimum Gasteiger partial charge on any atom is -0.508 e. The molecule has 6 nitrogen and oxygen atoms in total. The molecule has 21 heavy (non-hydrogen) atoms. The number of piperazine rings is 1. The maximum Gasteiger partial charge on any atom is 0.239 e. The van der Waals surface area contributed by atoms with E-state index < -0.39 is 6.04 Å². The predicted octanol–water partition coefficient (Wildman–Crippen LogP) is -0.601. The van der Waals surface area contributed by atoms with Crippen LogP contribution in [-0.4, -0.2) is 71.3 Å². The normalized spacial score (nSPS) is 17.7. The summed E-state index contributed by atoms with van der Waals surface area (Å²) in [4.78, 5) is 16.2. The summed E-state index contributed by atoms with van der Waals surface area (Å²) in [6.07, 6.45) is 0.468. The molecule has 4 N–H and O–H groups in total. The maximum atomic E-state index is 12.3. The number of benzene rings is 1. The molecule has 1 atom stereocenters. The van der Waals surface area contributed by atoms with Crippen molar-refractivity contribution in [2.45, 2.75) is 12.5 Å². The Labute approximate surface area is 124 Å². The number of amides is 1. The molecule has 1 fully saturated rings. The molecule has 0 bridgehead atoms. The van der Waals surface area contributed by atoms with Crippen LogP contribution >= 0.6 is 0 Å². The first-order chi connectivity index (χ1) is 10.1. The molecule has 1 amide bonds. The average Bonchev–Trinajstić information content (AvgIpc) is 2.50. The van der Waals surface area contributed by atoms with Crippen LogP contribution in [0.3, 0.4) is 0 Å². The molecule has 1 aromatic carbocycles. The summed E-state index contributed by atoms with van der Waals surface area (Å²) in [6.45, 7) is 3.66. The summed E-state index contributed by atoms with van der Waals surface area (Å²) in [5.74, 6) is 0.172. The number of phenols is 1. The second-order valence-corrected chi connectivity index (χ2v) is 5.37. The summed E-state index contributed by atoms with van der Waals surface area (Å²) in [5.41, 5.74) is 6.94. The number of rotatable bonds is 5. The first kappa shape index (κ1) is 15.8. The van der Waals surface area contributed by atoms with Crippen LogP contribution in [0.1, 0.15) is 5.56 Å². The van der Waals surface area contributed by atoms with Crippen LogP contribution in [0.2, 0.25) is 0 Å². The zero-order chi connectivity index (χ0) is 15.2. The molecule has 0 spiro atoms.